The zero-order chi connectivity index (χ0) is 24.3. The molecule has 5 nitrogen and oxygen atoms in total. The van der Waals surface area contributed by atoms with Crippen molar-refractivity contribution in [3.05, 3.63) is 60.2 Å². The summed E-state index contributed by atoms with van der Waals surface area (Å²) in [5, 5.41) is 6.18. The predicted molar refractivity (Wildman–Crippen MR) is 115 cm³/mol. The summed E-state index contributed by atoms with van der Waals surface area (Å²) in [7, 11) is 0. The quantitative estimate of drug-likeness (QED) is 0.365. The molecule has 0 amide bonds. The molecule has 2 aromatic carbocycles. The van der Waals surface area contributed by atoms with Crippen LogP contribution in [-0.2, 0) is 6.18 Å². The first-order valence-electron chi connectivity index (χ1n) is 10.5. The molecule has 0 unspecified atom stereocenters. The standard InChI is InChI=1S/C23H20F6N4O/c24-22(25,26)15-8-10-17(11-9-15)30-20-13-19(32-21(33-20)31-16-5-1-2-6-16)14-4-3-7-18(12-14)34-23(27,28)29/h3-4,7-13,16H,1-2,5-6H2,(H2,30,31,32,33). The third-order valence-electron chi connectivity index (χ3n) is 5.26. The number of halogens is 6. The second kappa shape index (κ2) is 9.40. The second-order valence-electron chi connectivity index (χ2n) is 7.86. The lowest BCUT2D eigenvalue weighted by Crippen LogP contribution is -2.17. The van der Waals surface area contributed by atoms with Gasteiger partial charge >= 0.3 is 12.5 Å². The van der Waals surface area contributed by atoms with Crippen LogP contribution in [0.4, 0.5) is 43.8 Å². The molecule has 4 rings (SSSR count). The minimum Gasteiger partial charge on any atom is -0.406 e. The lowest BCUT2D eigenvalue weighted by Gasteiger charge is -2.16. The van der Waals surface area contributed by atoms with Crippen LogP contribution in [0.15, 0.2) is 54.6 Å². The van der Waals surface area contributed by atoms with E-state index >= 15 is 0 Å². The first kappa shape index (κ1) is 23.7. The Labute approximate surface area is 191 Å². The Morgan fingerprint density at radius 3 is 2.21 bits per heavy atom. The summed E-state index contributed by atoms with van der Waals surface area (Å²) in [5.41, 5.74) is 0.247. The number of nitrogens with zero attached hydrogens (tertiary/aromatic N) is 2. The number of anilines is 3. The van der Waals surface area contributed by atoms with Crippen LogP contribution >= 0.6 is 0 Å². The van der Waals surface area contributed by atoms with Crippen molar-refractivity contribution in [1.29, 1.82) is 0 Å². The Morgan fingerprint density at radius 1 is 0.853 bits per heavy atom. The van der Waals surface area contributed by atoms with Crippen LogP contribution in [0.1, 0.15) is 31.2 Å². The maximum absolute atomic E-state index is 12.8. The van der Waals surface area contributed by atoms with Crippen molar-refractivity contribution in [1.82, 2.24) is 9.97 Å². The van der Waals surface area contributed by atoms with E-state index in [4.69, 9.17) is 0 Å². The predicted octanol–water partition coefficient (Wildman–Crippen LogP) is 7.16. The Kier molecular flexibility index (Phi) is 6.54. The summed E-state index contributed by atoms with van der Waals surface area (Å²) in [6.07, 6.45) is -5.30. The SMILES string of the molecule is FC(F)(F)Oc1cccc(-c2cc(Nc3ccc(C(F)(F)F)cc3)nc(NC3CCCC3)n2)c1. The van der Waals surface area contributed by atoms with Crippen molar-refractivity contribution in [3.8, 4) is 17.0 Å². The van der Waals surface area contributed by atoms with Crippen LogP contribution < -0.4 is 15.4 Å². The largest absolute Gasteiger partial charge is 0.573 e. The molecule has 1 saturated carbocycles. The van der Waals surface area contributed by atoms with E-state index in [1.54, 1.807) is 6.07 Å². The molecular formula is C23H20F6N4O. The molecule has 1 fully saturated rings. The van der Waals surface area contributed by atoms with Crippen molar-refractivity contribution >= 4 is 17.5 Å². The van der Waals surface area contributed by atoms with Crippen LogP contribution in [-0.4, -0.2) is 22.4 Å². The highest BCUT2D eigenvalue weighted by Gasteiger charge is 2.31. The number of benzene rings is 2. The van der Waals surface area contributed by atoms with Gasteiger partial charge in [-0.1, -0.05) is 25.0 Å². The van der Waals surface area contributed by atoms with Crippen LogP contribution in [0.5, 0.6) is 5.75 Å². The Bertz CT molecular complexity index is 1130. The molecule has 11 heteroatoms. The fourth-order valence-corrected chi connectivity index (χ4v) is 3.72. The number of ether oxygens (including phenoxy) is 1. The highest BCUT2D eigenvalue weighted by atomic mass is 19.4. The number of hydrogen-bond acceptors (Lipinski definition) is 5. The third kappa shape index (κ3) is 6.30. The van der Waals surface area contributed by atoms with E-state index in [2.05, 4.69) is 25.3 Å². The smallest absolute Gasteiger partial charge is 0.406 e. The molecule has 34 heavy (non-hydrogen) atoms. The Morgan fingerprint density at radius 2 is 1.56 bits per heavy atom. The van der Waals surface area contributed by atoms with Gasteiger partial charge in [-0.25, -0.2) is 4.98 Å². The first-order valence-corrected chi connectivity index (χ1v) is 10.5. The van der Waals surface area contributed by atoms with Crippen LogP contribution in [0.3, 0.4) is 0 Å². The van der Waals surface area contributed by atoms with Gasteiger partial charge in [0, 0.05) is 23.4 Å². The summed E-state index contributed by atoms with van der Waals surface area (Å²) in [6.45, 7) is 0. The minimum atomic E-state index is -4.84. The van der Waals surface area contributed by atoms with Gasteiger partial charge in [0.2, 0.25) is 5.95 Å². The van der Waals surface area contributed by atoms with Crippen LogP contribution in [0.25, 0.3) is 11.3 Å². The molecule has 1 aliphatic carbocycles. The van der Waals surface area contributed by atoms with Gasteiger partial charge in [0.15, 0.2) is 0 Å². The topological polar surface area (TPSA) is 59.1 Å². The number of aromatic nitrogens is 2. The zero-order valence-corrected chi connectivity index (χ0v) is 17.7. The molecule has 3 aromatic rings. The Balaban J connectivity index is 1.65. The lowest BCUT2D eigenvalue weighted by molar-refractivity contribution is -0.274. The molecule has 0 spiro atoms. The van der Waals surface area contributed by atoms with Crippen molar-refractivity contribution < 1.29 is 31.1 Å². The second-order valence-corrected chi connectivity index (χ2v) is 7.86. The average molecular weight is 482 g/mol. The number of alkyl halides is 6. The number of rotatable bonds is 6. The molecule has 1 aromatic heterocycles. The fourth-order valence-electron chi connectivity index (χ4n) is 3.72. The number of hydrogen-bond donors (Lipinski definition) is 2. The maximum atomic E-state index is 12.8. The molecule has 0 saturated heterocycles. The third-order valence-corrected chi connectivity index (χ3v) is 5.26. The van der Waals surface area contributed by atoms with Crippen molar-refractivity contribution in [3.63, 3.8) is 0 Å². The van der Waals surface area contributed by atoms with E-state index in [1.807, 2.05) is 0 Å². The minimum absolute atomic E-state index is 0.161. The zero-order valence-electron chi connectivity index (χ0n) is 17.7. The Hall–Kier alpha value is -3.50. The molecule has 0 bridgehead atoms. The fraction of sp³-hybridized carbons (Fsp3) is 0.304. The van der Waals surface area contributed by atoms with Gasteiger partial charge in [0.05, 0.1) is 11.3 Å². The van der Waals surface area contributed by atoms with Crippen molar-refractivity contribution in [2.24, 2.45) is 0 Å². The number of nitrogens with one attached hydrogen (secondary N) is 2. The van der Waals surface area contributed by atoms with E-state index < -0.39 is 23.9 Å². The van der Waals surface area contributed by atoms with Crippen LogP contribution in [0, 0.1) is 0 Å². The summed E-state index contributed by atoms with van der Waals surface area (Å²) < 4.78 is 80.4. The van der Waals surface area contributed by atoms with Gasteiger partial charge in [-0.2, -0.15) is 18.2 Å². The summed E-state index contributed by atoms with van der Waals surface area (Å²) in [6, 6.07) is 11.5. The molecule has 0 atom stereocenters. The van der Waals surface area contributed by atoms with Gasteiger partial charge in [-0.05, 0) is 49.2 Å². The molecule has 1 aliphatic rings. The van der Waals surface area contributed by atoms with E-state index in [1.165, 1.54) is 36.4 Å². The monoisotopic (exact) mass is 482 g/mol. The van der Waals surface area contributed by atoms with E-state index in [9.17, 15) is 26.3 Å². The molecular weight excluding hydrogens is 462 g/mol. The van der Waals surface area contributed by atoms with E-state index in [0.29, 0.717) is 16.9 Å². The highest BCUT2D eigenvalue weighted by Crippen LogP contribution is 2.32. The maximum Gasteiger partial charge on any atom is 0.573 e. The van der Waals surface area contributed by atoms with Crippen molar-refractivity contribution in [2.75, 3.05) is 10.6 Å². The molecule has 180 valence electrons. The van der Waals surface area contributed by atoms with Gasteiger partial charge in [-0.15, -0.1) is 13.2 Å². The van der Waals surface area contributed by atoms with E-state index in [0.717, 1.165) is 37.8 Å². The molecule has 0 radical (unpaired) electrons. The van der Waals surface area contributed by atoms with Gasteiger partial charge in [0.1, 0.15) is 11.6 Å². The van der Waals surface area contributed by atoms with Crippen molar-refractivity contribution in [2.45, 2.75) is 44.3 Å². The molecule has 2 N–H and O–H groups in total. The van der Waals surface area contributed by atoms with Gasteiger partial charge < -0.3 is 15.4 Å². The average Bonchev–Trinajstić information content (AvgIpc) is 3.25. The van der Waals surface area contributed by atoms with Gasteiger partial charge in [0.25, 0.3) is 0 Å². The normalized spacial score (nSPS) is 14.8. The lowest BCUT2D eigenvalue weighted by atomic mass is 10.1. The summed E-state index contributed by atoms with van der Waals surface area (Å²) >= 11 is 0. The summed E-state index contributed by atoms with van der Waals surface area (Å²) in [4.78, 5) is 8.85. The van der Waals surface area contributed by atoms with E-state index in [-0.39, 0.29) is 17.8 Å². The first-order chi connectivity index (χ1) is 16.0. The van der Waals surface area contributed by atoms with Crippen LogP contribution in [0.2, 0.25) is 0 Å². The highest BCUT2D eigenvalue weighted by molar-refractivity contribution is 5.68. The molecule has 1 heterocycles. The molecule has 0 aliphatic heterocycles. The summed E-state index contributed by atoms with van der Waals surface area (Å²) in [5.74, 6) is 0.138. The van der Waals surface area contributed by atoms with Gasteiger partial charge in [-0.3, -0.25) is 0 Å².